The average Bonchev–Trinajstić information content (AvgIpc) is 3.39. The van der Waals surface area contributed by atoms with Crippen LogP contribution < -0.4 is 0 Å². The molecule has 0 atom stereocenters. The number of thiophene rings is 1. The minimum Gasteiger partial charge on any atom is -0.235 e. The van der Waals surface area contributed by atoms with E-state index in [1.165, 1.54) is 52.7 Å². The van der Waals surface area contributed by atoms with Crippen molar-refractivity contribution in [3.8, 4) is 21.7 Å². The number of hydrogen-bond donors (Lipinski definition) is 0. The Labute approximate surface area is 202 Å². The highest BCUT2D eigenvalue weighted by Gasteiger charge is 2.21. The molecule has 0 aliphatic rings. The first kappa shape index (κ1) is 20.6. The third-order valence-corrected chi connectivity index (χ3v) is 8.69. The molecule has 6 rings (SSSR count). The van der Waals surface area contributed by atoms with Gasteiger partial charge in [0.2, 0.25) is 0 Å². The van der Waals surface area contributed by atoms with Gasteiger partial charge in [-0.05, 0) is 41.7 Å². The Balaban J connectivity index is 1.69. The highest BCUT2D eigenvalue weighted by Crippen LogP contribution is 2.44. The largest absolute Gasteiger partial charge is 0.235 e. The van der Waals surface area contributed by atoms with E-state index in [-0.39, 0.29) is 5.41 Å². The van der Waals surface area contributed by atoms with Crippen molar-refractivity contribution in [1.82, 2.24) is 4.98 Å². The summed E-state index contributed by atoms with van der Waals surface area (Å²) in [6, 6.07) is 28.7. The zero-order valence-corrected chi connectivity index (χ0v) is 20.9. The van der Waals surface area contributed by atoms with Crippen molar-refractivity contribution in [3.63, 3.8) is 0 Å². The summed E-state index contributed by atoms with van der Waals surface area (Å²) in [5.74, 6) is 0. The van der Waals surface area contributed by atoms with Gasteiger partial charge in [-0.3, -0.25) is 0 Å². The van der Waals surface area contributed by atoms with E-state index in [9.17, 15) is 0 Å². The normalized spacial score (nSPS) is 12.2. The number of hydrogen-bond acceptors (Lipinski definition) is 3. The molecule has 2 heterocycles. The maximum absolute atomic E-state index is 5.23. The molecule has 0 bridgehead atoms. The number of rotatable bonds is 2. The summed E-state index contributed by atoms with van der Waals surface area (Å²) >= 11 is 3.69. The van der Waals surface area contributed by atoms with Crippen LogP contribution in [0.4, 0.5) is 0 Å². The lowest BCUT2D eigenvalue weighted by atomic mass is 9.85. The van der Waals surface area contributed by atoms with Crippen LogP contribution >= 0.6 is 22.7 Å². The molecule has 1 nitrogen and oxygen atoms in total. The van der Waals surface area contributed by atoms with Crippen molar-refractivity contribution in [1.29, 1.82) is 0 Å². The highest BCUT2D eigenvalue weighted by atomic mass is 32.1. The van der Waals surface area contributed by atoms with E-state index in [0.29, 0.717) is 0 Å². The molecule has 0 saturated heterocycles. The number of aromatic nitrogens is 1. The Morgan fingerprint density at radius 3 is 2.21 bits per heavy atom. The molecule has 33 heavy (non-hydrogen) atoms. The summed E-state index contributed by atoms with van der Waals surface area (Å²) in [6.45, 7) is 9.05. The van der Waals surface area contributed by atoms with Crippen LogP contribution in [-0.2, 0) is 5.41 Å². The second kappa shape index (κ2) is 7.51. The molecule has 0 saturated carbocycles. The van der Waals surface area contributed by atoms with E-state index in [1.807, 2.05) is 11.3 Å². The zero-order chi connectivity index (χ0) is 22.7. The Bertz CT molecular complexity index is 1660. The van der Waals surface area contributed by atoms with Crippen LogP contribution in [0.1, 0.15) is 31.9 Å². The molecule has 0 aliphatic heterocycles. The van der Waals surface area contributed by atoms with Gasteiger partial charge in [0.1, 0.15) is 5.01 Å². The molecular weight excluding hydrogens is 438 g/mol. The number of nitrogens with zero attached hydrogens (tertiary/aromatic N) is 1. The first-order chi connectivity index (χ1) is 15.9. The van der Waals surface area contributed by atoms with Crippen LogP contribution in [-0.4, -0.2) is 4.98 Å². The van der Waals surface area contributed by atoms with Crippen molar-refractivity contribution in [2.75, 3.05) is 0 Å². The molecule has 0 N–H and O–H groups in total. The Morgan fingerprint density at radius 1 is 0.667 bits per heavy atom. The summed E-state index contributed by atoms with van der Waals surface area (Å²) in [7, 11) is 0. The first-order valence-electron chi connectivity index (χ1n) is 11.3. The van der Waals surface area contributed by atoms with Gasteiger partial charge in [0.25, 0.3) is 0 Å². The van der Waals surface area contributed by atoms with Crippen LogP contribution in [0.25, 0.3) is 52.1 Å². The smallest absolute Gasteiger partial charge is 0.124 e. The fraction of sp³-hybridized carbons (Fsp3) is 0.167. The third-order valence-electron chi connectivity index (χ3n) is 6.43. The maximum atomic E-state index is 5.23. The van der Waals surface area contributed by atoms with E-state index >= 15 is 0 Å². The van der Waals surface area contributed by atoms with Crippen molar-refractivity contribution >= 4 is 53.1 Å². The molecule has 4 aromatic carbocycles. The van der Waals surface area contributed by atoms with Gasteiger partial charge < -0.3 is 0 Å². The van der Waals surface area contributed by atoms with Crippen molar-refractivity contribution in [2.45, 2.75) is 33.1 Å². The molecule has 0 spiro atoms. The second-order valence-electron chi connectivity index (χ2n) is 9.73. The predicted molar refractivity (Wildman–Crippen MR) is 147 cm³/mol. The van der Waals surface area contributed by atoms with E-state index in [2.05, 4.69) is 107 Å². The van der Waals surface area contributed by atoms with Crippen LogP contribution in [0.5, 0.6) is 0 Å². The van der Waals surface area contributed by atoms with Crippen LogP contribution in [0.2, 0.25) is 0 Å². The molecule has 0 radical (unpaired) electrons. The second-order valence-corrected chi connectivity index (χ2v) is 11.8. The minimum absolute atomic E-state index is 0.0593. The Kier molecular flexibility index (Phi) is 4.69. The molecule has 0 aliphatic carbocycles. The molecule has 0 unspecified atom stereocenters. The maximum Gasteiger partial charge on any atom is 0.124 e. The molecule has 0 fully saturated rings. The summed E-state index contributed by atoms with van der Waals surface area (Å²) in [6.07, 6.45) is 0. The van der Waals surface area contributed by atoms with Gasteiger partial charge in [-0.25, -0.2) is 4.98 Å². The lowest BCUT2D eigenvalue weighted by molar-refractivity contribution is 0.591. The average molecular weight is 464 g/mol. The summed E-state index contributed by atoms with van der Waals surface area (Å²) in [5, 5.41) is 3.76. The summed E-state index contributed by atoms with van der Waals surface area (Å²) in [5.41, 5.74) is 7.53. The van der Waals surface area contributed by atoms with E-state index in [0.717, 1.165) is 10.5 Å². The van der Waals surface area contributed by atoms with Gasteiger partial charge in [0.15, 0.2) is 0 Å². The first-order valence-corrected chi connectivity index (χ1v) is 13.0. The number of thiazole rings is 1. The lowest BCUT2D eigenvalue weighted by Gasteiger charge is -2.20. The number of benzene rings is 4. The van der Waals surface area contributed by atoms with Gasteiger partial charge in [-0.2, -0.15) is 0 Å². The molecule has 162 valence electrons. The molecule has 0 amide bonds. The van der Waals surface area contributed by atoms with Gasteiger partial charge in [0.05, 0.1) is 10.2 Å². The molecular formula is C30H25NS2. The topological polar surface area (TPSA) is 12.9 Å². The van der Waals surface area contributed by atoms with Crippen LogP contribution in [0, 0.1) is 6.92 Å². The monoisotopic (exact) mass is 463 g/mol. The van der Waals surface area contributed by atoms with Crippen LogP contribution in [0.3, 0.4) is 0 Å². The lowest BCUT2D eigenvalue weighted by Crippen LogP contribution is -2.11. The van der Waals surface area contributed by atoms with Gasteiger partial charge >= 0.3 is 0 Å². The van der Waals surface area contributed by atoms with Gasteiger partial charge in [-0.15, -0.1) is 22.7 Å². The SMILES string of the molecule is Cc1ccccc1-c1nc2c(-c3cccc4c3sc3ccccc34)cc(C(C)(C)C)cc2s1. The van der Waals surface area contributed by atoms with Crippen LogP contribution in [0.15, 0.2) is 78.9 Å². The number of aryl methyl sites for hydroxylation is 1. The van der Waals surface area contributed by atoms with Gasteiger partial charge in [-0.1, -0.05) is 81.4 Å². The number of fused-ring (bicyclic) bond motifs is 4. The minimum atomic E-state index is 0.0593. The van der Waals surface area contributed by atoms with Crippen molar-refractivity contribution < 1.29 is 0 Å². The zero-order valence-electron chi connectivity index (χ0n) is 19.3. The fourth-order valence-electron chi connectivity index (χ4n) is 4.56. The quantitative estimate of drug-likeness (QED) is 0.249. The molecule has 2 aromatic heterocycles. The summed E-state index contributed by atoms with van der Waals surface area (Å²) < 4.78 is 3.94. The fourth-order valence-corrected chi connectivity index (χ4v) is 6.91. The molecule has 6 aromatic rings. The standard InChI is InChI=1S/C30H25NS2/c1-18-10-5-6-11-20(18)29-31-27-24(16-19(30(2,3)4)17-26(27)33-29)23-14-9-13-22-21-12-7-8-15-25(21)32-28(22)23/h5-17H,1-4H3. The van der Waals surface area contributed by atoms with Crippen molar-refractivity contribution in [3.05, 3.63) is 90.0 Å². The third kappa shape index (κ3) is 3.38. The summed E-state index contributed by atoms with van der Waals surface area (Å²) in [4.78, 5) is 5.23. The van der Waals surface area contributed by atoms with E-state index in [1.54, 1.807) is 11.3 Å². The Morgan fingerprint density at radius 2 is 1.39 bits per heavy atom. The highest BCUT2D eigenvalue weighted by molar-refractivity contribution is 7.26. The van der Waals surface area contributed by atoms with E-state index in [4.69, 9.17) is 4.98 Å². The van der Waals surface area contributed by atoms with E-state index < -0.39 is 0 Å². The van der Waals surface area contributed by atoms with Crippen molar-refractivity contribution in [2.24, 2.45) is 0 Å². The Hall–Kier alpha value is -3.01. The molecule has 3 heteroatoms. The predicted octanol–water partition coefficient (Wildman–Crippen LogP) is 9.60. The van der Waals surface area contributed by atoms with Gasteiger partial charge in [0, 0.05) is 36.9 Å².